The van der Waals surface area contributed by atoms with Crippen LogP contribution in [0.15, 0.2) is 17.0 Å². The summed E-state index contributed by atoms with van der Waals surface area (Å²) >= 11 is 5.62. The van der Waals surface area contributed by atoms with Crippen molar-refractivity contribution in [3.05, 3.63) is 23.0 Å². The molecule has 0 heterocycles. The van der Waals surface area contributed by atoms with Gasteiger partial charge in [-0.25, -0.2) is 22.3 Å². The number of benzene rings is 1. The fourth-order valence-corrected chi connectivity index (χ4v) is 2.68. The maximum absolute atomic E-state index is 13.6. The summed E-state index contributed by atoms with van der Waals surface area (Å²) in [4.78, 5) is 9.72. The van der Waals surface area contributed by atoms with Crippen LogP contribution in [0.1, 0.15) is 0 Å². The molecule has 0 radical (unpaired) electrons. The van der Waals surface area contributed by atoms with Crippen molar-refractivity contribution < 1.29 is 17.6 Å². The first-order valence-corrected chi connectivity index (χ1v) is 6.87. The van der Waals surface area contributed by atoms with E-state index in [1.165, 1.54) is 0 Å². The lowest BCUT2D eigenvalue weighted by Crippen LogP contribution is -2.37. The molecule has 0 spiro atoms. The monoisotopic (exact) mass is 310 g/mol. The average Bonchev–Trinajstić information content (AvgIpc) is 2.29. The second-order valence-electron chi connectivity index (χ2n) is 3.50. The number of amides is 2. The van der Waals surface area contributed by atoms with Crippen molar-refractivity contribution in [1.29, 1.82) is 0 Å². The van der Waals surface area contributed by atoms with Crippen LogP contribution in [0.3, 0.4) is 0 Å². The van der Waals surface area contributed by atoms with Gasteiger partial charge in [-0.2, -0.15) is 0 Å². The molecule has 1 rings (SSSR count). The standard InChI is InChI=1S/C9H12ClFN4O3S/c10-5-3-6(12)8(11)7(4-5)19(17,18)15-2-1-14-9(13)16/h3-4,15H,1-2,12H2,(H3,13,14,16). The highest BCUT2D eigenvalue weighted by Crippen LogP contribution is 2.24. The van der Waals surface area contributed by atoms with E-state index in [1.807, 2.05) is 0 Å². The van der Waals surface area contributed by atoms with Crippen LogP contribution in [0.2, 0.25) is 5.02 Å². The lowest BCUT2D eigenvalue weighted by atomic mass is 10.3. The lowest BCUT2D eigenvalue weighted by molar-refractivity contribution is 0.249. The Morgan fingerprint density at radius 2 is 2.00 bits per heavy atom. The SMILES string of the molecule is NC(=O)NCCNS(=O)(=O)c1cc(Cl)cc(N)c1F. The maximum atomic E-state index is 13.6. The van der Waals surface area contributed by atoms with Gasteiger partial charge in [0.1, 0.15) is 4.90 Å². The Kier molecular flexibility index (Phi) is 4.92. The Bertz CT molecular complexity index is 593. The molecule has 106 valence electrons. The molecule has 0 atom stereocenters. The fraction of sp³-hybridized carbons (Fsp3) is 0.222. The molecule has 0 fully saturated rings. The third kappa shape index (κ3) is 4.23. The number of sulfonamides is 1. The molecule has 0 aliphatic carbocycles. The molecule has 0 bridgehead atoms. The zero-order valence-corrected chi connectivity index (χ0v) is 11.2. The molecule has 0 saturated heterocycles. The molecular weight excluding hydrogens is 299 g/mol. The zero-order valence-electron chi connectivity index (χ0n) is 9.61. The summed E-state index contributed by atoms with van der Waals surface area (Å²) in [6.45, 7) is -0.191. The first kappa shape index (κ1) is 15.5. The van der Waals surface area contributed by atoms with E-state index in [0.29, 0.717) is 0 Å². The number of hydrogen-bond acceptors (Lipinski definition) is 4. The second kappa shape index (κ2) is 6.04. The molecule has 0 aliphatic rings. The van der Waals surface area contributed by atoms with Gasteiger partial charge in [-0.1, -0.05) is 11.6 Å². The van der Waals surface area contributed by atoms with Gasteiger partial charge in [0.25, 0.3) is 0 Å². The predicted octanol–water partition coefficient (Wildman–Crippen LogP) is 0.00790. The Morgan fingerprint density at radius 1 is 1.37 bits per heavy atom. The largest absolute Gasteiger partial charge is 0.396 e. The van der Waals surface area contributed by atoms with E-state index < -0.39 is 26.8 Å². The molecule has 0 aliphatic heterocycles. The molecule has 19 heavy (non-hydrogen) atoms. The van der Waals surface area contributed by atoms with E-state index >= 15 is 0 Å². The average molecular weight is 311 g/mol. The molecule has 0 aromatic heterocycles. The number of hydrogen-bond donors (Lipinski definition) is 4. The van der Waals surface area contributed by atoms with Gasteiger partial charge in [0.15, 0.2) is 5.82 Å². The van der Waals surface area contributed by atoms with E-state index in [4.69, 9.17) is 23.1 Å². The zero-order chi connectivity index (χ0) is 14.6. The molecular formula is C9H12ClFN4O3S. The molecule has 6 N–H and O–H groups in total. The number of carbonyl (C=O) groups is 1. The third-order valence-electron chi connectivity index (χ3n) is 2.04. The van der Waals surface area contributed by atoms with Gasteiger partial charge in [0, 0.05) is 18.1 Å². The van der Waals surface area contributed by atoms with Crippen LogP contribution in [-0.4, -0.2) is 27.5 Å². The fourth-order valence-electron chi connectivity index (χ4n) is 1.23. The molecule has 0 unspecified atom stereocenters. The molecule has 0 saturated carbocycles. The number of carbonyl (C=O) groups excluding carboxylic acids is 1. The quantitative estimate of drug-likeness (QED) is 0.451. The minimum Gasteiger partial charge on any atom is -0.396 e. The Morgan fingerprint density at radius 3 is 2.58 bits per heavy atom. The van der Waals surface area contributed by atoms with E-state index in [0.717, 1.165) is 12.1 Å². The van der Waals surface area contributed by atoms with Crippen molar-refractivity contribution in [3.63, 3.8) is 0 Å². The van der Waals surface area contributed by atoms with Crippen LogP contribution < -0.4 is 21.5 Å². The first-order valence-electron chi connectivity index (χ1n) is 5.01. The minimum atomic E-state index is -4.12. The van der Waals surface area contributed by atoms with E-state index in [2.05, 4.69) is 10.0 Å². The highest BCUT2D eigenvalue weighted by molar-refractivity contribution is 7.89. The predicted molar refractivity (Wildman–Crippen MR) is 68.6 cm³/mol. The van der Waals surface area contributed by atoms with Crippen molar-refractivity contribution in [3.8, 4) is 0 Å². The summed E-state index contributed by atoms with van der Waals surface area (Å²) in [6, 6.07) is 1.25. The first-order chi connectivity index (χ1) is 8.74. The van der Waals surface area contributed by atoms with Crippen LogP contribution in [0.25, 0.3) is 0 Å². The minimum absolute atomic E-state index is 0.00506. The summed E-state index contributed by atoms with van der Waals surface area (Å²) in [5, 5.41) is 2.17. The molecule has 7 nitrogen and oxygen atoms in total. The van der Waals surface area contributed by atoms with Crippen LogP contribution in [-0.2, 0) is 10.0 Å². The van der Waals surface area contributed by atoms with Crippen molar-refractivity contribution in [1.82, 2.24) is 10.0 Å². The Labute approximate surface area is 114 Å². The smallest absolute Gasteiger partial charge is 0.312 e. The normalized spacial score (nSPS) is 11.3. The lowest BCUT2D eigenvalue weighted by Gasteiger charge is -2.09. The van der Waals surface area contributed by atoms with Crippen molar-refractivity contribution in [2.24, 2.45) is 5.73 Å². The number of nitrogens with one attached hydrogen (secondary N) is 2. The summed E-state index contributed by atoms with van der Waals surface area (Å²) in [5.41, 5.74) is 9.71. The van der Waals surface area contributed by atoms with Gasteiger partial charge >= 0.3 is 6.03 Å². The summed E-state index contributed by atoms with van der Waals surface area (Å²) in [5.74, 6) is -1.08. The third-order valence-corrected chi connectivity index (χ3v) is 3.72. The second-order valence-corrected chi connectivity index (χ2v) is 5.67. The number of urea groups is 1. The number of nitrogen functional groups attached to an aromatic ring is 1. The number of anilines is 1. The van der Waals surface area contributed by atoms with Gasteiger partial charge < -0.3 is 16.8 Å². The van der Waals surface area contributed by atoms with Crippen molar-refractivity contribution in [2.75, 3.05) is 18.8 Å². The number of primary amides is 1. The molecule has 1 aromatic rings. The Hall–Kier alpha value is -1.58. The van der Waals surface area contributed by atoms with Crippen LogP contribution in [0.5, 0.6) is 0 Å². The van der Waals surface area contributed by atoms with Crippen molar-refractivity contribution >= 4 is 33.3 Å². The van der Waals surface area contributed by atoms with Crippen LogP contribution in [0.4, 0.5) is 14.9 Å². The topological polar surface area (TPSA) is 127 Å². The van der Waals surface area contributed by atoms with E-state index in [-0.39, 0.29) is 23.8 Å². The van der Waals surface area contributed by atoms with Gasteiger partial charge in [-0.15, -0.1) is 0 Å². The van der Waals surface area contributed by atoms with Crippen LogP contribution >= 0.6 is 11.6 Å². The van der Waals surface area contributed by atoms with E-state index in [1.54, 1.807) is 0 Å². The highest BCUT2D eigenvalue weighted by Gasteiger charge is 2.21. The Balaban J connectivity index is 2.86. The van der Waals surface area contributed by atoms with Crippen LogP contribution in [0, 0.1) is 5.82 Å². The van der Waals surface area contributed by atoms with Gasteiger partial charge in [0.2, 0.25) is 10.0 Å². The van der Waals surface area contributed by atoms with E-state index in [9.17, 15) is 17.6 Å². The summed E-state index contributed by atoms with van der Waals surface area (Å²) in [6.07, 6.45) is 0. The molecule has 1 aromatic carbocycles. The van der Waals surface area contributed by atoms with Gasteiger partial charge in [-0.3, -0.25) is 0 Å². The summed E-state index contributed by atoms with van der Waals surface area (Å²) < 4.78 is 39.3. The summed E-state index contributed by atoms with van der Waals surface area (Å²) in [7, 11) is -4.12. The number of nitrogens with two attached hydrogens (primary N) is 2. The molecule has 10 heteroatoms. The maximum Gasteiger partial charge on any atom is 0.312 e. The number of halogens is 2. The molecule has 2 amide bonds. The van der Waals surface area contributed by atoms with Gasteiger partial charge in [0.05, 0.1) is 5.69 Å². The number of rotatable bonds is 5. The van der Waals surface area contributed by atoms with Gasteiger partial charge in [-0.05, 0) is 12.1 Å². The highest BCUT2D eigenvalue weighted by atomic mass is 35.5. The van der Waals surface area contributed by atoms with Crippen molar-refractivity contribution in [2.45, 2.75) is 4.90 Å².